The van der Waals surface area contributed by atoms with Crippen LogP contribution in [-0.4, -0.2) is 37.9 Å². The van der Waals surface area contributed by atoms with Crippen LogP contribution in [0.3, 0.4) is 0 Å². The van der Waals surface area contributed by atoms with Crippen molar-refractivity contribution in [1.82, 2.24) is 19.7 Å². The first kappa shape index (κ1) is 18.4. The first-order valence-corrected chi connectivity index (χ1v) is 8.98. The molecular formula is C17H12BrF2N5O3. The Labute approximate surface area is 164 Å². The molecule has 1 aliphatic rings. The van der Waals surface area contributed by atoms with Gasteiger partial charge in [0.1, 0.15) is 18.8 Å². The molecule has 0 aliphatic heterocycles. The third-order valence-electron chi connectivity index (χ3n) is 3.97. The van der Waals surface area contributed by atoms with Gasteiger partial charge >= 0.3 is 0 Å². The lowest BCUT2D eigenvalue weighted by molar-refractivity contribution is -0.117. The Morgan fingerprint density at radius 1 is 1.32 bits per heavy atom. The molecule has 1 N–H and O–H groups in total. The monoisotopic (exact) mass is 451 g/mol. The van der Waals surface area contributed by atoms with E-state index in [0.29, 0.717) is 9.86 Å². The van der Waals surface area contributed by atoms with E-state index >= 15 is 0 Å². The Morgan fingerprint density at radius 2 is 2.04 bits per heavy atom. The number of hydrogen-bond donors (Lipinski definition) is 1. The number of anilines is 1. The van der Waals surface area contributed by atoms with E-state index in [-0.39, 0.29) is 23.6 Å². The van der Waals surface area contributed by atoms with Crippen molar-refractivity contribution in [2.24, 2.45) is 0 Å². The van der Waals surface area contributed by atoms with Gasteiger partial charge in [-0.3, -0.25) is 14.9 Å². The van der Waals surface area contributed by atoms with E-state index in [1.807, 2.05) is 0 Å². The van der Waals surface area contributed by atoms with Gasteiger partial charge in [0.05, 0.1) is 23.2 Å². The number of alkyl halides is 1. The van der Waals surface area contributed by atoms with Crippen molar-refractivity contribution in [2.75, 3.05) is 5.32 Å². The number of ether oxygens (including phenoxy) is 1. The fraction of sp³-hybridized carbons (Fsp3) is 0.235. The molecule has 2 atom stereocenters. The minimum absolute atomic E-state index is 0.0619. The summed E-state index contributed by atoms with van der Waals surface area (Å²) in [6.45, 7) is -0.453. The quantitative estimate of drug-likeness (QED) is 0.638. The highest BCUT2D eigenvalue weighted by atomic mass is 79.9. The lowest BCUT2D eigenvalue weighted by Gasteiger charge is -2.12. The number of nitrogens with one attached hydrogen (secondary N) is 1. The van der Waals surface area contributed by atoms with Crippen LogP contribution in [0.2, 0.25) is 0 Å². The number of fused-ring (bicyclic) bond motifs is 1. The van der Waals surface area contributed by atoms with Crippen LogP contribution < -0.4 is 15.6 Å². The lowest BCUT2D eigenvalue weighted by atomic mass is 10.2. The highest BCUT2D eigenvalue weighted by Crippen LogP contribution is 2.33. The maximum atomic E-state index is 13.3. The summed E-state index contributed by atoms with van der Waals surface area (Å²) in [5.41, 5.74) is -0.516. The van der Waals surface area contributed by atoms with Gasteiger partial charge in [-0.1, -0.05) is 15.9 Å². The Balaban J connectivity index is 1.65. The third-order valence-corrected chi connectivity index (χ3v) is 4.47. The smallest absolute Gasteiger partial charge is 0.275 e. The zero-order chi connectivity index (χ0) is 19.8. The van der Waals surface area contributed by atoms with Gasteiger partial charge in [-0.25, -0.2) is 23.4 Å². The van der Waals surface area contributed by atoms with Crippen LogP contribution in [0.1, 0.15) is 6.42 Å². The first-order valence-electron chi connectivity index (χ1n) is 8.19. The van der Waals surface area contributed by atoms with Crippen LogP contribution in [0.5, 0.6) is 5.88 Å². The number of carbonyl (C=O) groups excluding carboxylic acids is 1. The SMILES string of the molecule is O=C(Cn1nc(O[C@H]2C[C@H]2F)c2cc(Br)ccc2c1=O)Nc1ncc(F)cn1. The second-order valence-corrected chi connectivity index (χ2v) is 7.05. The van der Waals surface area contributed by atoms with E-state index in [1.165, 1.54) is 0 Å². The van der Waals surface area contributed by atoms with E-state index in [4.69, 9.17) is 4.74 Å². The fourth-order valence-electron chi connectivity index (χ4n) is 2.51. The summed E-state index contributed by atoms with van der Waals surface area (Å²) >= 11 is 3.31. The normalized spacial score (nSPS) is 18.1. The van der Waals surface area contributed by atoms with E-state index in [9.17, 15) is 18.4 Å². The molecule has 2 heterocycles. The molecule has 3 aromatic rings. The van der Waals surface area contributed by atoms with Crippen molar-refractivity contribution >= 4 is 38.6 Å². The molecule has 1 aliphatic carbocycles. The molecule has 8 nitrogen and oxygen atoms in total. The average Bonchev–Trinajstić information content (AvgIpc) is 3.35. The molecule has 0 saturated heterocycles. The molecule has 144 valence electrons. The molecule has 0 bridgehead atoms. The number of hydrogen-bond acceptors (Lipinski definition) is 6. The van der Waals surface area contributed by atoms with Crippen molar-refractivity contribution in [2.45, 2.75) is 25.2 Å². The molecule has 1 aromatic carbocycles. The van der Waals surface area contributed by atoms with Crippen molar-refractivity contribution in [3.8, 4) is 5.88 Å². The second-order valence-electron chi connectivity index (χ2n) is 6.14. The van der Waals surface area contributed by atoms with Crippen molar-refractivity contribution < 1.29 is 18.3 Å². The van der Waals surface area contributed by atoms with E-state index in [1.54, 1.807) is 18.2 Å². The maximum absolute atomic E-state index is 13.3. The van der Waals surface area contributed by atoms with Crippen LogP contribution in [0.15, 0.2) is 39.9 Å². The van der Waals surface area contributed by atoms with Crippen LogP contribution >= 0.6 is 15.9 Å². The van der Waals surface area contributed by atoms with Gasteiger partial charge in [0.15, 0.2) is 5.82 Å². The van der Waals surface area contributed by atoms with Crippen LogP contribution in [-0.2, 0) is 11.3 Å². The Bertz CT molecular complexity index is 1120. The third kappa shape index (κ3) is 3.84. The minimum atomic E-state index is -1.08. The number of rotatable bonds is 5. The molecular weight excluding hydrogens is 440 g/mol. The molecule has 1 saturated carbocycles. The summed E-state index contributed by atoms with van der Waals surface area (Å²) in [5.74, 6) is -1.34. The number of aromatic nitrogens is 4. The van der Waals surface area contributed by atoms with E-state index in [2.05, 4.69) is 36.3 Å². The summed E-state index contributed by atoms with van der Waals surface area (Å²) in [4.78, 5) is 32.1. The largest absolute Gasteiger partial charge is 0.470 e. The highest BCUT2D eigenvalue weighted by molar-refractivity contribution is 9.10. The summed E-state index contributed by atoms with van der Waals surface area (Å²) in [6, 6.07) is 4.87. The molecule has 4 rings (SSSR count). The Hall–Kier alpha value is -2.95. The predicted octanol–water partition coefficient (Wildman–Crippen LogP) is 2.22. The molecule has 0 spiro atoms. The summed E-state index contributed by atoms with van der Waals surface area (Å²) in [5, 5.41) is 7.12. The van der Waals surface area contributed by atoms with Gasteiger partial charge in [-0.2, -0.15) is 0 Å². The average molecular weight is 452 g/mol. The molecule has 11 heteroatoms. The Kier molecular flexibility index (Phi) is 4.75. The number of carbonyl (C=O) groups is 1. The van der Waals surface area contributed by atoms with Crippen LogP contribution in [0, 0.1) is 5.82 Å². The number of halogens is 3. The lowest BCUT2D eigenvalue weighted by Crippen LogP contribution is -2.30. The molecule has 1 amide bonds. The molecule has 1 fully saturated rings. The maximum Gasteiger partial charge on any atom is 0.275 e. The van der Waals surface area contributed by atoms with Gasteiger partial charge in [0.25, 0.3) is 5.56 Å². The summed E-state index contributed by atoms with van der Waals surface area (Å²) in [7, 11) is 0. The Morgan fingerprint density at radius 3 is 2.71 bits per heavy atom. The fourth-order valence-corrected chi connectivity index (χ4v) is 2.87. The van der Waals surface area contributed by atoms with Crippen LogP contribution in [0.25, 0.3) is 10.8 Å². The standard InChI is InChI=1S/C17H12BrF2N5O3/c18-8-1-2-10-11(3-8)15(28-13-4-12(13)20)24-25(16(10)27)7-14(26)23-17-21-5-9(19)6-22-17/h1-3,5-6,12-13H,4,7H2,(H,21,22,23,26)/t12-,13+/m1/s1. The van der Waals surface area contributed by atoms with Crippen molar-refractivity contribution in [3.05, 3.63) is 51.2 Å². The van der Waals surface area contributed by atoms with Gasteiger partial charge in [-0.05, 0) is 18.2 Å². The summed E-state index contributed by atoms with van der Waals surface area (Å²) in [6.07, 6.45) is 0.343. The topological polar surface area (TPSA) is 99.0 Å². The van der Waals surface area contributed by atoms with Gasteiger partial charge < -0.3 is 4.74 Å². The number of amides is 1. The minimum Gasteiger partial charge on any atom is -0.470 e. The van der Waals surface area contributed by atoms with Gasteiger partial charge in [-0.15, -0.1) is 5.10 Å². The number of nitrogens with zero attached hydrogens (tertiary/aromatic N) is 4. The number of benzene rings is 1. The predicted molar refractivity (Wildman–Crippen MR) is 98.3 cm³/mol. The molecule has 0 radical (unpaired) electrons. The zero-order valence-electron chi connectivity index (χ0n) is 14.1. The van der Waals surface area contributed by atoms with Crippen molar-refractivity contribution in [1.29, 1.82) is 0 Å². The molecule has 0 unspecified atom stereocenters. The highest BCUT2D eigenvalue weighted by Gasteiger charge is 2.41. The van der Waals surface area contributed by atoms with Crippen molar-refractivity contribution in [3.63, 3.8) is 0 Å². The second kappa shape index (κ2) is 7.23. The first-order chi connectivity index (χ1) is 13.4. The van der Waals surface area contributed by atoms with Gasteiger partial charge in [0, 0.05) is 10.9 Å². The van der Waals surface area contributed by atoms with Crippen LogP contribution in [0.4, 0.5) is 14.7 Å². The van der Waals surface area contributed by atoms with E-state index < -0.39 is 36.1 Å². The van der Waals surface area contributed by atoms with E-state index in [0.717, 1.165) is 17.1 Å². The van der Waals surface area contributed by atoms with Gasteiger partial charge in [0.2, 0.25) is 17.7 Å². The zero-order valence-corrected chi connectivity index (χ0v) is 15.7. The molecule has 2 aromatic heterocycles. The molecule has 28 heavy (non-hydrogen) atoms. The summed E-state index contributed by atoms with van der Waals surface area (Å²) < 4.78 is 33.3.